The van der Waals surface area contributed by atoms with E-state index in [0.29, 0.717) is 6.42 Å². The molecular weight excluding hydrogens is 168 g/mol. The van der Waals surface area contributed by atoms with Crippen LogP contribution in [0.25, 0.3) is 0 Å². The van der Waals surface area contributed by atoms with E-state index in [1.54, 1.807) is 0 Å². The third-order valence-electron chi connectivity index (χ3n) is 1.87. The predicted molar refractivity (Wildman–Crippen MR) is 50.5 cm³/mol. The van der Waals surface area contributed by atoms with E-state index in [0.717, 1.165) is 12.0 Å². The molecule has 3 nitrogen and oxygen atoms in total. The van der Waals surface area contributed by atoms with E-state index in [-0.39, 0.29) is 5.78 Å². The number of aliphatic carboxylic acids is 1. The van der Waals surface area contributed by atoms with Crippen LogP contribution in [0, 0.1) is 5.92 Å². The number of hydrogen-bond donors (Lipinski definition) is 1. The molecule has 1 N–H and O–H groups in total. The van der Waals surface area contributed by atoms with E-state index in [4.69, 9.17) is 5.11 Å². The Morgan fingerprint density at radius 3 is 2.23 bits per heavy atom. The zero-order chi connectivity index (χ0) is 10.4. The van der Waals surface area contributed by atoms with Crippen LogP contribution in [0.3, 0.4) is 0 Å². The molecule has 74 valence electrons. The number of carbonyl (C=O) groups excluding carboxylic acids is 1. The van der Waals surface area contributed by atoms with Gasteiger partial charge in [0, 0.05) is 0 Å². The van der Waals surface area contributed by atoms with Crippen molar-refractivity contribution in [3.63, 3.8) is 0 Å². The lowest BCUT2D eigenvalue weighted by Gasteiger charge is -2.08. The monoisotopic (exact) mass is 184 g/mol. The van der Waals surface area contributed by atoms with Crippen LogP contribution in [0.15, 0.2) is 11.6 Å². The largest absolute Gasteiger partial charge is 0.481 e. The molecule has 0 fully saturated rings. The summed E-state index contributed by atoms with van der Waals surface area (Å²) < 4.78 is 0. The number of carboxylic acid groups (broad SMARTS) is 1. The molecule has 1 unspecified atom stereocenters. The van der Waals surface area contributed by atoms with Crippen molar-refractivity contribution in [1.82, 2.24) is 0 Å². The van der Waals surface area contributed by atoms with Crippen LogP contribution in [-0.2, 0) is 9.59 Å². The van der Waals surface area contributed by atoms with Gasteiger partial charge in [0.1, 0.15) is 11.7 Å². The summed E-state index contributed by atoms with van der Waals surface area (Å²) in [6, 6.07) is 0. The Balaban J connectivity index is 4.35. The van der Waals surface area contributed by atoms with Crippen molar-refractivity contribution in [2.45, 2.75) is 33.6 Å². The molecule has 0 aliphatic carbocycles. The highest BCUT2D eigenvalue weighted by Crippen LogP contribution is 2.13. The highest BCUT2D eigenvalue weighted by molar-refractivity contribution is 5.97. The minimum absolute atomic E-state index is 0.281. The van der Waals surface area contributed by atoms with Gasteiger partial charge < -0.3 is 5.11 Å². The van der Waals surface area contributed by atoms with Gasteiger partial charge in [-0.3, -0.25) is 9.59 Å². The minimum Gasteiger partial charge on any atom is -0.481 e. The molecule has 0 saturated carbocycles. The first-order valence-corrected chi connectivity index (χ1v) is 4.38. The van der Waals surface area contributed by atoms with Gasteiger partial charge in [-0.25, -0.2) is 0 Å². The predicted octanol–water partition coefficient (Wildman–Crippen LogP) is 2.02. The van der Waals surface area contributed by atoms with E-state index in [2.05, 4.69) is 0 Å². The Morgan fingerprint density at radius 1 is 1.38 bits per heavy atom. The molecule has 0 aliphatic rings. The molecule has 0 saturated heterocycles. The molecule has 0 aromatic carbocycles. The quantitative estimate of drug-likeness (QED) is 0.525. The van der Waals surface area contributed by atoms with Gasteiger partial charge in [-0.2, -0.15) is 0 Å². The second-order valence-electron chi connectivity index (χ2n) is 3.16. The highest BCUT2D eigenvalue weighted by atomic mass is 16.4. The van der Waals surface area contributed by atoms with Gasteiger partial charge in [0.05, 0.1) is 0 Å². The third-order valence-corrected chi connectivity index (χ3v) is 1.87. The molecule has 0 amide bonds. The van der Waals surface area contributed by atoms with E-state index < -0.39 is 11.9 Å². The number of hydrogen-bond acceptors (Lipinski definition) is 2. The number of Topliss-reactive ketones (excluding diaryl/α,β-unsaturated/α-hetero) is 1. The Hall–Kier alpha value is -1.12. The summed E-state index contributed by atoms with van der Waals surface area (Å²) in [5.74, 6) is -2.18. The van der Waals surface area contributed by atoms with Gasteiger partial charge >= 0.3 is 5.97 Å². The maximum Gasteiger partial charge on any atom is 0.314 e. The lowest BCUT2D eigenvalue weighted by molar-refractivity contribution is -0.145. The molecule has 0 aromatic rings. The first-order chi connectivity index (χ1) is 5.99. The van der Waals surface area contributed by atoms with Gasteiger partial charge in [-0.1, -0.05) is 18.6 Å². The molecule has 1 atom stereocenters. The van der Waals surface area contributed by atoms with Crippen molar-refractivity contribution in [3.8, 4) is 0 Å². The average Bonchev–Trinajstić information content (AvgIpc) is 1.99. The van der Waals surface area contributed by atoms with Crippen LogP contribution in [0.2, 0.25) is 0 Å². The lowest BCUT2D eigenvalue weighted by atomic mass is 9.96. The van der Waals surface area contributed by atoms with Crippen molar-refractivity contribution in [3.05, 3.63) is 11.6 Å². The summed E-state index contributed by atoms with van der Waals surface area (Å²) in [5.41, 5.74) is 0.963. The normalized spacial score (nSPS) is 13.9. The second kappa shape index (κ2) is 5.51. The van der Waals surface area contributed by atoms with Gasteiger partial charge in [0.25, 0.3) is 0 Å². The smallest absolute Gasteiger partial charge is 0.314 e. The third kappa shape index (κ3) is 4.45. The first kappa shape index (κ1) is 11.9. The summed E-state index contributed by atoms with van der Waals surface area (Å²) in [5, 5.41) is 8.71. The number of ketones is 1. The highest BCUT2D eigenvalue weighted by Gasteiger charge is 2.22. The molecule has 13 heavy (non-hydrogen) atoms. The van der Waals surface area contributed by atoms with E-state index in [1.165, 1.54) is 6.92 Å². The molecule has 0 heterocycles. The Labute approximate surface area is 78.5 Å². The fourth-order valence-corrected chi connectivity index (χ4v) is 1.16. The SMILES string of the molecule is CCC=C(C)CC(C(C)=O)C(=O)O. The maximum atomic E-state index is 10.9. The van der Waals surface area contributed by atoms with Crippen molar-refractivity contribution in [1.29, 1.82) is 0 Å². The van der Waals surface area contributed by atoms with Crippen LogP contribution in [-0.4, -0.2) is 16.9 Å². The zero-order valence-electron chi connectivity index (χ0n) is 8.33. The zero-order valence-corrected chi connectivity index (χ0v) is 8.33. The van der Waals surface area contributed by atoms with Crippen LogP contribution in [0.1, 0.15) is 33.6 Å². The molecule has 0 radical (unpaired) electrons. The molecule has 0 bridgehead atoms. The Morgan fingerprint density at radius 2 is 1.92 bits per heavy atom. The van der Waals surface area contributed by atoms with Crippen molar-refractivity contribution < 1.29 is 14.7 Å². The Bertz CT molecular complexity index is 214. The fourth-order valence-electron chi connectivity index (χ4n) is 1.16. The lowest BCUT2D eigenvalue weighted by Crippen LogP contribution is -2.21. The summed E-state index contributed by atoms with van der Waals surface area (Å²) in [6.45, 7) is 5.15. The maximum absolute atomic E-state index is 10.9. The van der Waals surface area contributed by atoms with Crippen LogP contribution in [0.4, 0.5) is 0 Å². The topological polar surface area (TPSA) is 54.4 Å². The van der Waals surface area contributed by atoms with Crippen molar-refractivity contribution in [2.75, 3.05) is 0 Å². The van der Waals surface area contributed by atoms with E-state index in [1.807, 2.05) is 19.9 Å². The van der Waals surface area contributed by atoms with Gasteiger partial charge in [-0.05, 0) is 26.7 Å². The number of carboxylic acids is 1. The van der Waals surface area contributed by atoms with Crippen molar-refractivity contribution >= 4 is 11.8 Å². The number of rotatable bonds is 5. The Kier molecular flexibility index (Phi) is 5.04. The van der Waals surface area contributed by atoms with Gasteiger partial charge in [-0.15, -0.1) is 0 Å². The summed E-state index contributed by atoms with van der Waals surface area (Å²) >= 11 is 0. The van der Waals surface area contributed by atoms with E-state index >= 15 is 0 Å². The molecule has 0 spiro atoms. The van der Waals surface area contributed by atoms with Gasteiger partial charge in [0.15, 0.2) is 0 Å². The first-order valence-electron chi connectivity index (χ1n) is 4.38. The molecular formula is C10H16O3. The summed E-state index contributed by atoms with van der Waals surface area (Å²) in [7, 11) is 0. The standard InChI is InChI=1S/C10H16O3/c1-4-5-7(2)6-9(8(3)11)10(12)13/h5,9H,4,6H2,1-3H3,(H,12,13). The minimum atomic E-state index is -1.03. The summed E-state index contributed by atoms with van der Waals surface area (Å²) in [6.07, 6.45) is 3.15. The molecule has 0 rings (SSSR count). The van der Waals surface area contributed by atoms with Crippen LogP contribution in [0.5, 0.6) is 0 Å². The van der Waals surface area contributed by atoms with Crippen molar-refractivity contribution in [2.24, 2.45) is 5.92 Å². The number of allylic oxidation sites excluding steroid dienone is 2. The van der Waals surface area contributed by atoms with Crippen LogP contribution < -0.4 is 0 Å². The van der Waals surface area contributed by atoms with Gasteiger partial charge in [0.2, 0.25) is 0 Å². The van der Waals surface area contributed by atoms with E-state index in [9.17, 15) is 9.59 Å². The molecule has 3 heteroatoms. The molecule has 0 aliphatic heterocycles. The second-order valence-corrected chi connectivity index (χ2v) is 3.16. The molecule has 0 aromatic heterocycles. The number of carbonyl (C=O) groups is 2. The fraction of sp³-hybridized carbons (Fsp3) is 0.600. The average molecular weight is 184 g/mol. The summed E-state index contributed by atoms with van der Waals surface area (Å²) in [4.78, 5) is 21.5. The van der Waals surface area contributed by atoms with Crippen LogP contribution >= 0.6 is 0 Å².